The molecule has 0 spiro atoms. The molecule has 0 aliphatic rings. The van der Waals surface area contributed by atoms with Gasteiger partial charge in [-0.1, -0.05) is 46.9 Å². The van der Waals surface area contributed by atoms with Crippen molar-refractivity contribution in [3.8, 4) is 5.75 Å². The first kappa shape index (κ1) is 21.4. The summed E-state index contributed by atoms with van der Waals surface area (Å²) in [5, 5.41) is 13.3. The lowest BCUT2D eigenvalue weighted by Crippen LogP contribution is -2.25. The maximum atomic E-state index is 11.4. The topological polar surface area (TPSA) is 61.4 Å². The van der Waals surface area contributed by atoms with Gasteiger partial charge in [-0.15, -0.1) is 0 Å². The molecule has 5 nitrogen and oxygen atoms in total. The number of nitrogens with zero attached hydrogens (tertiary/aromatic N) is 3. The van der Waals surface area contributed by atoms with Gasteiger partial charge in [0.1, 0.15) is 27.9 Å². The average Bonchev–Trinajstić information content (AvgIpc) is 2.64. The van der Waals surface area contributed by atoms with Crippen molar-refractivity contribution in [1.82, 2.24) is 4.98 Å². The van der Waals surface area contributed by atoms with E-state index >= 15 is 0 Å². The molecule has 0 unspecified atom stereocenters. The third-order valence-corrected chi connectivity index (χ3v) is 5.03. The second-order valence-electron chi connectivity index (χ2n) is 6.31. The number of fused-ring (bicyclic) bond motifs is 1. The molecule has 3 aromatic rings. The van der Waals surface area contributed by atoms with E-state index in [-0.39, 0.29) is 16.7 Å². The summed E-state index contributed by atoms with van der Waals surface area (Å²) < 4.78 is 6.54. The van der Waals surface area contributed by atoms with Crippen molar-refractivity contribution in [3.05, 3.63) is 73.8 Å². The minimum atomic E-state index is 0.0902. The summed E-state index contributed by atoms with van der Waals surface area (Å²) in [6, 6.07) is 7.57. The first-order chi connectivity index (χ1) is 13.8. The van der Waals surface area contributed by atoms with Crippen LogP contribution in [0.5, 0.6) is 5.75 Å². The van der Waals surface area contributed by atoms with Gasteiger partial charge in [-0.3, -0.25) is 4.99 Å². The number of aryl methyl sites for hydroxylation is 1. The molecule has 0 saturated heterocycles. The Kier molecular flexibility index (Phi) is 6.63. The monoisotopic (exact) mass is 449 g/mol. The van der Waals surface area contributed by atoms with Crippen LogP contribution in [-0.4, -0.2) is 11.2 Å². The van der Waals surface area contributed by atoms with E-state index in [4.69, 9.17) is 39.5 Å². The summed E-state index contributed by atoms with van der Waals surface area (Å²) in [6.07, 6.45) is 4.17. The number of allylic oxidation sites excluding steroid dienone is 1. The number of aliphatic imine (C=N–C) groups is 1. The standard InChI is InChI=1S/C21H18Cl3N3O2/c1-4-25-20(13(3)22)15-8-12(2)26-21-14(15)6-5-7-19(21)29-11-16-17(23)9-27(28)10-18(16)24/h4-10H,11H2,1-3H3/b20-13+,25-4-. The molecule has 2 heterocycles. The zero-order valence-electron chi connectivity index (χ0n) is 16.0. The van der Waals surface area contributed by atoms with Crippen LogP contribution in [0.4, 0.5) is 0 Å². The second-order valence-corrected chi connectivity index (χ2v) is 7.70. The van der Waals surface area contributed by atoms with Crippen LogP contribution < -0.4 is 9.47 Å². The highest BCUT2D eigenvalue weighted by molar-refractivity contribution is 6.35. The first-order valence-electron chi connectivity index (χ1n) is 8.77. The van der Waals surface area contributed by atoms with E-state index < -0.39 is 0 Å². The fourth-order valence-electron chi connectivity index (χ4n) is 2.95. The molecule has 150 valence electrons. The molecule has 0 atom stereocenters. The normalized spacial score (nSPS) is 12.5. The van der Waals surface area contributed by atoms with Crippen molar-refractivity contribution >= 4 is 57.6 Å². The highest BCUT2D eigenvalue weighted by Gasteiger charge is 2.16. The van der Waals surface area contributed by atoms with Crippen LogP contribution in [0.3, 0.4) is 0 Å². The Morgan fingerprint density at radius 1 is 1.28 bits per heavy atom. The molecule has 0 aliphatic carbocycles. The number of rotatable bonds is 5. The fourth-order valence-corrected chi connectivity index (χ4v) is 3.66. The molecule has 3 rings (SSSR count). The van der Waals surface area contributed by atoms with Gasteiger partial charge in [-0.2, -0.15) is 4.73 Å². The van der Waals surface area contributed by atoms with E-state index in [0.29, 0.717) is 32.3 Å². The Bertz CT molecular complexity index is 1120. The summed E-state index contributed by atoms with van der Waals surface area (Å²) in [6.45, 7) is 5.62. The fraction of sp³-hybridized carbons (Fsp3) is 0.190. The Labute approximate surface area is 183 Å². The first-order valence-corrected chi connectivity index (χ1v) is 9.90. The van der Waals surface area contributed by atoms with Crippen molar-refractivity contribution in [3.63, 3.8) is 0 Å². The number of hydrogen-bond acceptors (Lipinski definition) is 4. The van der Waals surface area contributed by atoms with Crippen LogP contribution in [0, 0.1) is 12.1 Å². The maximum Gasteiger partial charge on any atom is 0.199 e. The minimum Gasteiger partial charge on any atom is -0.619 e. The molecule has 0 bridgehead atoms. The summed E-state index contributed by atoms with van der Waals surface area (Å²) >= 11 is 18.6. The number of halogens is 3. The van der Waals surface area contributed by atoms with Crippen LogP contribution in [0.25, 0.3) is 16.6 Å². The van der Waals surface area contributed by atoms with Crippen molar-refractivity contribution < 1.29 is 9.47 Å². The highest BCUT2D eigenvalue weighted by atomic mass is 35.5. The lowest BCUT2D eigenvalue weighted by molar-refractivity contribution is -0.605. The van der Waals surface area contributed by atoms with Crippen molar-refractivity contribution in [2.75, 3.05) is 0 Å². The van der Waals surface area contributed by atoms with Crippen LogP contribution in [0.15, 0.2) is 46.7 Å². The quantitative estimate of drug-likeness (QED) is 0.269. The SMILES string of the molecule is C/C=N\C(=C(/C)Cl)c1cc(C)nc2c(OCc3c(Cl)c[n+]([O-])cc3Cl)cccc12. The molecule has 2 aromatic heterocycles. The number of benzene rings is 1. The lowest BCUT2D eigenvalue weighted by atomic mass is 10.0. The zero-order valence-corrected chi connectivity index (χ0v) is 18.3. The van der Waals surface area contributed by atoms with E-state index in [1.54, 1.807) is 13.1 Å². The third kappa shape index (κ3) is 4.64. The smallest absolute Gasteiger partial charge is 0.199 e. The Hall–Kier alpha value is -2.34. The number of aromatic nitrogens is 2. The second kappa shape index (κ2) is 8.99. The molecule has 8 heteroatoms. The lowest BCUT2D eigenvalue weighted by Gasteiger charge is -2.14. The van der Waals surface area contributed by atoms with Crippen LogP contribution in [0.1, 0.15) is 30.7 Å². The molecular formula is C21H18Cl3N3O2. The van der Waals surface area contributed by atoms with Crippen molar-refractivity contribution in [1.29, 1.82) is 0 Å². The molecule has 0 saturated carbocycles. The van der Waals surface area contributed by atoms with Crippen molar-refractivity contribution in [2.24, 2.45) is 4.99 Å². The summed E-state index contributed by atoms with van der Waals surface area (Å²) in [7, 11) is 0. The van der Waals surface area contributed by atoms with E-state index in [1.807, 2.05) is 38.1 Å². The number of pyridine rings is 2. The average molecular weight is 451 g/mol. The predicted octanol–water partition coefficient (Wildman–Crippen LogP) is 6.08. The van der Waals surface area contributed by atoms with Gasteiger partial charge in [0, 0.05) is 33.5 Å². The Balaban J connectivity index is 2.08. The summed E-state index contributed by atoms with van der Waals surface area (Å²) in [4.78, 5) is 9.07. The Morgan fingerprint density at radius 2 is 1.97 bits per heavy atom. The van der Waals surface area contributed by atoms with Gasteiger partial charge in [-0.05, 0) is 32.9 Å². The molecule has 0 aliphatic heterocycles. The van der Waals surface area contributed by atoms with Gasteiger partial charge in [0.25, 0.3) is 0 Å². The molecule has 0 fully saturated rings. The van der Waals surface area contributed by atoms with Crippen LogP contribution in [-0.2, 0) is 6.61 Å². The molecule has 1 aromatic carbocycles. The number of para-hydroxylation sites is 1. The van der Waals surface area contributed by atoms with Gasteiger partial charge < -0.3 is 9.94 Å². The van der Waals surface area contributed by atoms with Gasteiger partial charge in [0.15, 0.2) is 12.4 Å². The maximum absolute atomic E-state index is 11.4. The van der Waals surface area contributed by atoms with Crippen LogP contribution in [0.2, 0.25) is 10.0 Å². The number of hydrogen-bond donors (Lipinski definition) is 0. The van der Waals surface area contributed by atoms with Gasteiger partial charge in [0.05, 0.1) is 5.70 Å². The number of ether oxygens (including phenoxy) is 1. The highest BCUT2D eigenvalue weighted by Crippen LogP contribution is 2.34. The van der Waals surface area contributed by atoms with Gasteiger partial charge in [0.2, 0.25) is 0 Å². The summed E-state index contributed by atoms with van der Waals surface area (Å²) in [5.74, 6) is 0.561. The van der Waals surface area contributed by atoms with Gasteiger partial charge >= 0.3 is 0 Å². The molecule has 29 heavy (non-hydrogen) atoms. The minimum absolute atomic E-state index is 0.0902. The molecule has 0 amide bonds. The van der Waals surface area contributed by atoms with Gasteiger partial charge in [-0.25, -0.2) is 4.98 Å². The molecular weight excluding hydrogens is 433 g/mol. The van der Waals surface area contributed by atoms with Crippen molar-refractivity contribution in [2.45, 2.75) is 27.4 Å². The van der Waals surface area contributed by atoms with Crippen LogP contribution >= 0.6 is 34.8 Å². The van der Waals surface area contributed by atoms with E-state index in [0.717, 1.165) is 16.6 Å². The summed E-state index contributed by atoms with van der Waals surface area (Å²) in [5.41, 5.74) is 3.54. The predicted molar refractivity (Wildman–Crippen MR) is 119 cm³/mol. The zero-order chi connectivity index (χ0) is 21.1. The van der Waals surface area contributed by atoms with E-state index in [1.165, 1.54) is 12.4 Å². The molecule has 0 N–H and O–H groups in total. The van der Waals surface area contributed by atoms with E-state index in [2.05, 4.69) is 9.98 Å². The van der Waals surface area contributed by atoms with E-state index in [9.17, 15) is 5.21 Å². The largest absolute Gasteiger partial charge is 0.619 e. The third-order valence-electron chi connectivity index (χ3n) is 4.20. The Morgan fingerprint density at radius 3 is 2.59 bits per heavy atom. The molecule has 0 radical (unpaired) electrons.